The summed E-state index contributed by atoms with van der Waals surface area (Å²) in [7, 11) is 1.62. The van der Waals surface area contributed by atoms with Gasteiger partial charge in [0.05, 0.1) is 13.2 Å². The number of nitrogens with one attached hydrogen (secondary N) is 2. The third-order valence-electron chi connectivity index (χ3n) is 2.80. The van der Waals surface area contributed by atoms with Crippen molar-refractivity contribution in [1.29, 1.82) is 0 Å². The Labute approximate surface area is 90.3 Å². The molecule has 1 atom stereocenters. The van der Waals surface area contributed by atoms with Crippen molar-refractivity contribution in [2.24, 2.45) is 10.9 Å². The molecule has 0 bridgehead atoms. The molecule has 86 valence electrons. The molecule has 0 spiro atoms. The van der Waals surface area contributed by atoms with Gasteiger partial charge in [-0.15, -0.1) is 0 Å². The predicted octanol–water partition coefficient (Wildman–Crippen LogP) is 0.123. The summed E-state index contributed by atoms with van der Waals surface area (Å²) < 4.78 is 4.88. The molecular formula is C10H19N3O2. The summed E-state index contributed by atoms with van der Waals surface area (Å²) in [6.07, 6.45) is 0. The average molecular weight is 213 g/mol. The molecule has 1 aliphatic heterocycles. The van der Waals surface area contributed by atoms with Gasteiger partial charge in [-0.2, -0.15) is 0 Å². The maximum Gasteiger partial charge on any atom is 0.252 e. The number of carbonyl (C=O) groups excluding carboxylic acids is 1. The van der Waals surface area contributed by atoms with Crippen molar-refractivity contribution < 1.29 is 9.53 Å². The normalized spacial score (nSPS) is 28.3. The lowest BCUT2D eigenvalue weighted by atomic mass is 9.89. The van der Waals surface area contributed by atoms with Gasteiger partial charge in [-0.1, -0.05) is 13.8 Å². The molecule has 2 N–H and O–H groups in total. The van der Waals surface area contributed by atoms with E-state index in [9.17, 15) is 4.79 Å². The number of aliphatic imine (C=N–C) groups is 1. The summed E-state index contributed by atoms with van der Waals surface area (Å²) in [5.41, 5.74) is -0.550. The van der Waals surface area contributed by atoms with Gasteiger partial charge in [-0.3, -0.25) is 15.1 Å². The minimum atomic E-state index is -0.550. The van der Waals surface area contributed by atoms with E-state index in [1.807, 2.05) is 20.8 Å². The zero-order valence-electron chi connectivity index (χ0n) is 9.76. The lowest BCUT2D eigenvalue weighted by molar-refractivity contribution is -0.124. The molecular weight excluding hydrogens is 194 g/mol. The third kappa shape index (κ3) is 2.47. The van der Waals surface area contributed by atoms with Gasteiger partial charge in [-0.05, 0) is 12.8 Å². The topological polar surface area (TPSA) is 62.7 Å². The second-order valence-corrected chi connectivity index (χ2v) is 4.16. The number of hydrogen-bond donors (Lipinski definition) is 2. The Bertz CT molecular complexity index is 276. The van der Waals surface area contributed by atoms with Crippen molar-refractivity contribution in [2.75, 3.05) is 20.3 Å². The fourth-order valence-electron chi connectivity index (χ4n) is 1.31. The molecule has 0 radical (unpaired) electrons. The Balaban J connectivity index is 2.63. The van der Waals surface area contributed by atoms with Gasteiger partial charge < -0.3 is 10.1 Å². The van der Waals surface area contributed by atoms with Crippen molar-refractivity contribution in [3.05, 3.63) is 0 Å². The maximum atomic E-state index is 11.7. The van der Waals surface area contributed by atoms with Gasteiger partial charge >= 0.3 is 0 Å². The van der Waals surface area contributed by atoms with Gasteiger partial charge in [0.25, 0.3) is 5.91 Å². The Kier molecular flexibility index (Phi) is 3.68. The second-order valence-electron chi connectivity index (χ2n) is 4.16. The van der Waals surface area contributed by atoms with E-state index in [0.29, 0.717) is 19.1 Å². The first-order valence-electron chi connectivity index (χ1n) is 5.13. The molecule has 1 heterocycles. The van der Waals surface area contributed by atoms with Crippen molar-refractivity contribution >= 4 is 11.9 Å². The summed E-state index contributed by atoms with van der Waals surface area (Å²) in [6, 6.07) is 0. The zero-order chi connectivity index (χ0) is 11.5. The summed E-state index contributed by atoms with van der Waals surface area (Å²) in [6.45, 7) is 6.99. The Morgan fingerprint density at radius 1 is 1.53 bits per heavy atom. The van der Waals surface area contributed by atoms with Crippen LogP contribution in [0.2, 0.25) is 0 Å². The minimum Gasteiger partial charge on any atom is -0.383 e. The van der Waals surface area contributed by atoms with Crippen LogP contribution in [0.25, 0.3) is 0 Å². The number of hydrogen-bond acceptors (Lipinski definition) is 3. The van der Waals surface area contributed by atoms with E-state index >= 15 is 0 Å². The highest BCUT2D eigenvalue weighted by Crippen LogP contribution is 2.19. The molecule has 0 aromatic carbocycles. The number of rotatable bonds is 4. The highest BCUT2D eigenvalue weighted by Gasteiger charge is 2.43. The number of ether oxygens (including phenoxy) is 1. The first kappa shape index (κ1) is 12.0. The fraction of sp³-hybridized carbons (Fsp3) is 0.800. The Morgan fingerprint density at radius 3 is 2.67 bits per heavy atom. The number of guanidine groups is 1. The lowest BCUT2D eigenvalue weighted by Crippen LogP contribution is -2.48. The molecule has 1 unspecified atom stereocenters. The molecule has 0 aromatic heterocycles. The molecule has 1 fully saturated rings. The van der Waals surface area contributed by atoms with Gasteiger partial charge in [-0.25, -0.2) is 0 Å². The minimum absolute atomic E-state index is 0.0198. The van der Waals surface area contributed by atoms with E-state index in [-0.39, 0.29) is 11.8 Å². The van der Waals surface area contributed by atoms with Crippen LogP contribution in [0.15, 0.2) is 4.99 Å². The van der Waals surface area contributed by atoms with Crippen molar-refractivity contribution in [1.82, 2.24) is 10.6 Å². The summed E-state index contributed by atoms with van der Waals surface area (Å²) >= 11 is 0. The van der Waals surface area contributed by atoms with Crippen LogP contribution in [-0.2, 0) is 9.53 Å². The van der Waals surface area contributed by atoms with Crippen LogP contribution in [-0.4, -0.2) is 37.7 Å². The molecule has 1 rings (SSSR count). The number of amides is 1. The van der Waals surface area contributed by atoms with Gasteiger partial charge in [0.1, 0.15) is 5.54 Å². The van der Waals surface area contributed by atoms with Crippen LogP contribution in [0.1, 0.15) is 20.8 Å². The van der Waals surface area contributed by atoms with Crippen LogP contribution in [0.3, 0.4) is 0 Å². The Morgan fingerprint density at radius 2 is 2.20 bits per heavy atom. The van der Waals surface area contributed by atoms with Crippen molar-refractivity contribution in [3.8, 4) is 0 Å². The van der Waals surface area contributed by atoms with Crippen molar-refractivity contribution in [2.45, 2.75) is 26.3 Å². The van der Waals surface area contributed by atoms with E-state index in [0.717, 1.165) is 0 Å². The summed E-state index contributed by atoms with van der Waals surface area (Å²) in [5.74, 6) is 0.745. The van der Waals surface area contributed by atoms with Crippen LogP contribution in [0, 0.1) is 5.92 Å². The fourth-order valence-corrected chi connectivity index (χ4v) is 1.31. The van der Waals surface area contributed by atoms with Gasteiger partial charge in [0.15, 0.2) is 5.96 Å². The molecule has 15 heavy (non-hydrogen) atoms. The van der Waals surface area contributed by atoms with Gasteiger partial charge in [0.2, 0.25) is 0 Å². The van der Waals surface area contributed by atoms with E-state index in [4.69, 9.17) is 4.74 Å². The average Bonchev–Trinajstić information content (AvgIpc) is 2.44. The zero-order valence-corrected chi connectivity index (χ0v) is 9.76. The molecule has 5 heteroatoms. The largest absolute Gasteiger partial charge is 0.383 e. The molecule has 0 aromatic rings. The quantitative estimate of drug-likeness (QED) is 0.652. The summed E-state index contributed by atoms with van der Waals surface area (Å²) in [4.78, 5) is 15.9. The lowest BCUT2D eigenvalue weighted by Gasteiger charge is -2.25. The third-order valence-corrected chi connectivity index (χ3v) is 2.80. The second kappa shape index (κ2) is 4.61. The molecule has 1 aliphatic rings. The SMILES string of the molecule is COCCN=C1NC(=O)C(C)(C(C)C)N1. The molecule has 0 aliphatic carbocycles. The molecule has 5 nitrogen and oxygen atoms in total. The van der Waals surface area contributed by atoms with Gasteiger partial charge in [0, 0.05) is 7.11 Å². The van der Waals surface area contributed by atoms with Crippen LogP contribution in [0.4, 0.5) is 0 Å². The van der Waals surface area contributed by atoms with Crippen LogP contribution < -0.4 is 10.6 Å². The standard InChI is InChI=1S/C10H19N3O2/c1-7(2)10(3)8(14)12-9(13-10)11-5-6-15-4/h7H,5-6H2,1-4H3,(H2,11,12,13,14). The van der Waals surface area contributed by atoms with E-state index in [1.54, 1.807) is 7.11 Å². The maximum absolute atomic E-state index is 11.7. The van der Waals surface area contributed by atoms with Crippen LogP contribution >= 0.6 is 0 Å². The highest BCUT2D eigenvalue weighted by atomic mass is 16.5. The Hall–Kier alpha value is -1.10. The smallest absolute Gasteiger partial charge is 0.252 e. The number of methoxy groups -OCH3 is 1. The molecule has 1 amide bonds. The monoisotopic (exact) mass is 213 g/mol. The number of nitrogens with zero attached hydrogens (tertiary/aromatic N) is 1. The van der Waals surface area contributed by atoms with E-state index < -0.39 is 5.54 Å². The first-order valence-corrected chi connectivity index (χ1v) is 5.13. The van der Waals surface area contributed by atoms with E-state index in [1.165, 1.54) is 0 Å². The summed E-state index contributed by atoms with van der Waals surface area (Å²) in [5, 5.41) is 5.84. The molecule has 1 saturated heterocycles. The van der Waals surface area contributed by atoms with E-state index in [2.05, 4.69) is 15.6 Å². The van der Waals surface area contributed by atoms with Crippen molar-refractivity contribution in [3.63, 3.8) is 0 Å². The van der Waals surface area contributed by atoms with Crippen LogP contribution in [0.5, 0.6) is 0 Å². The molecule has 0 saturated carbocycles. The highest BCUT2D eigenvalue weighted by molar-refractivity contribution is 6.08. The predicted molar refractivity (Wildman–Crippen MR) is 58.7 cm³/mol. The first-order chi connectivity index (χ1) is 7.00. The number of carbonyl (C=O) groups is 1.